The fourth-order valence-corrected chi connectivity index (χ4v) is 3.06. The van der Waals surface area contributed by atoms with Crippen molar-refractivity contribution in [2.45, 2.75) is 77.2 Å². The first kappa shape index (κ1) is 26.8. The van der Waals surface area contributed by atoms with Crippen LogP contribution in [0.1, 0.15) is 58.1 Å². The van der Waals surface area contributed by atoms with Gasteiger partial charge in [0, 0.05) is 18.5 Å². The summed E-state index contributed by atoms with van der Waals surface area (Å²) >= 11 is 0. The van der Waals surface area contributed by atoms with Crippen molar-refractivity contribution in [2.24, 2.45) is 0 Å². The molecule has 2 atom stereocenters. The number of aliphatic hydroxyl groups is 1. The van der Waals surface area contributed by atoms with Crippen molar-refractivity contribution in [3.63, 3.8) is 0 Å². The number of aryl methyl sites for hydroxylation is 1. The fraction of sp³-hybridized carbons (Fsp3) is 0.542. The van der Waals surface area contributed by atoms with E-state index >= 15 is 0 Å². The van der Waals surface area contributed by atoms with Crippen molar-refractivity contribution in [2.75, 3.05) is 6.54 Å². The standard InChI is InChI=1S/C21H31FN2O3.C3H5F/c1-14-7-6-8-16(11-14)21(9-10-21)23-13-18(25)17(12-15(2)22)24-19(26)27-20(3,4)5;1-2-3-4/h6-8,11,17-18,23,25H,2,9-10,12-13H2,1,3-5H3,(H,24,26);2-3H,1H3/b;3-2+. The van der Waals surface area contributed by atoms with E-state index in [9.17, 15) is 18.7 Å². The number of carbonyl (C=O) groups is 1. The Hall–Kier alpha value is -2.25. The van der Waals surface area contributed by atoms with Gasteiger partial charge in [-0.3, -0.25) is 0 Å². The number of rotatable bonds is 8. The molecule has 174 valence electrons. The van der Waals surface area contributed by atoms with Crippen LogP contribution < -0.4 is 10.6 Å². The summed E-state index contributed by atoms with van der Waals surface area (Å²) in [5, 5.41) is 16.5. The molecule has 1 aromatic carbocycles. The van der Waals surface area contributed by atoms with Crippen molar-refractivity contribution in [3.05, 3.63) is 60.2 Å². The molecule has 31 heavy (non-hydrogen) atoms. The Kier molecular flexibility index (Phi) is 10.3. The highest BCUT2D eigenvalue weighted by molar-refractivity contribution is 5.68. The van der Waals surface area contributed by atoms with Gasteiger partial charge in [-0.2, -0.15) is 0 Å². The van der Waals surface area contributed by atoms with E-state index in [1.54, 1.807) is 27.7 Å². The Balaban J connectivity index is 0.00000110. The lowest BCUT2D eigenvalue weighted by atomic mass is 10.0. The summed E-state index contributed by atoms with van der Waals surface area (Å²) in [4.78, 5) is 12.0. The number of nitrogens with one attached hydrogen (secondary N) is 2. The van der Waals surface area contributed by atoms with Gasteiger partial charge < -0.3 is 20.5 Å². The largest absolute Gasteiger partial charge is 0.444 e. The maximum Gasteiger partial charge on any atom is 0.407 e. The molecule has 2 unspecified atom stereocenters. The van der Waals surface area contributed by atoms with E-state index in [2.05, 4.69) is 29.3 Å². The van der Waals surface area contributed by atoms with E-state index in [1.165, 1.54) is 17.2 Å². The van der Waals surface area contributed by atoms with Gasteiger partial charge in [0.15, 0.2) is 0 Å². The zero-order valence-electron chi connectivity index (χ0n) is 19.2. The molecule has 1 amide bonds. The highest BCUT2D eigenvalue weighted by Gasteiger charge is 2.44. The lowest BCUT2D eigenvalue weighted by molar-refractivity contribution is 0.0415. The van der Waals surface area contributed by atoms with Crippen LogP contribution >= 0.6 is 0 Å². The predicted octanol–water partition coefficient (Wildman–Crippen LogP) is 5.19. The first-order valence-electron chi connectivity index (χ1n) is 10.5. The normalized spacial score (nSPS) is 16.6. The second-order valence-electron chi connectivity index (χ2n) is 8.83. The van der Waals surface area contributed by atoms with Crippen LogP contribution in [-0.4, -0.2) is 35.5 Å². The summed E-state index contributed by atoms with van der Waals surface area (Å²) in [7, 11) is 0. The van der Waals surface area contributed by atoms with Gasteiger partial charge in [0.25, 0.3) is 0 Å². The molecule has 7 heteroatoms. The van der Waals surface area contributed by atoms with Gasteiger partial charge in [-0.25, -0.2) is 13.6 Å². The highest BCUT2D eigenvalue weighted by atomic mass is 19.1. The molecular weight excluding hydrogens is 402 g/mol. The summed E-state index contributed by atoms with van der Waals surface area (Å²) in [5.74, 6) is -0.602. The Labute approximate surface area is 184 Å². The molecule has 0 heterocycles. The van der Waals surface area contributed by atoms with E-state index in [-0.39, 0.29) is 18.5 Å². The number of carbonyl (C=O) groups excluding carboxylic acids is 1. The number of ether oxygens (including phenoxy) is 1. The molecule has 0 bridgehead atoms. The molecule has 1 aliphatic carbocycles. The Morgan fingerprint density at radius 2 is 2.00 bits per heavy atom. The number of hydrogen-bond acceptors (Lipinski definition) is 4. The first-order valence-corrected chi connectivity index (χ1v) is 10.5. The van der Waals surface area contributed by atoms with E-state index in [1.807, 2.05) is 19.1 Å². The maximum atomic E-state index is 13.4. The average Bonchev–Trinajstić information content (AvgIpc) is 3.45. The Morgan fingerprint density at radius 3 is 2.45 bits per heavy atom. The molecule has 2 rings (SSSR count). The summed E-state index contributed by atoms with van der Waals surface area (Å²) in [6.07, 6.45) is 1.95. The monoisotopic (exact) mass is 438 g/mol. The van der Waals surface area contributed by atoms with Crippen LogP contribution in [0, 0.1) is 6.92 Å². The van der Waals surface area contributed by atoms with Crippen LogP contribution in [-0.2, 0) is 10.3 Å². The van der Waals surface area contributed by atoms with Gasteiger partial charge in [0.2, 0.25) is 0 Å². The molecule has 0 saturated heterocycles. The van der Waals surface area contributed by atoms with Crippen molar-refractivity contribution in [1.29, 1.82) is 0 Å². The number of halogens is 2. The summed E-state index contributed by atoms with van der Waals surface area (Å²) in [5.41, 5.74) is 1.53. The second-order valence-corrected chi connectivity index (χ2v) is 8.83. The van der Waals surface area contributed by atoms with Crippen LogP contribution in [0.3, 0.4) is 0 Å². The van der Waals surface area contributed by atoms with Crippen molar-refractivity contribution in [3.8, 4) is 0 Å². The molecule has 1 aromatic rings. The second kappa shape index (κ2) is 12.0. The van der Waals surface area contributed by atoms with E-state index < -0.39 is 29.7 Å². The fourth-order valence-electron chi connectivity index (χ4n) is 3.06. The minimum Gasteiger partial charge on any atom is -0.444 e. The number of alkyl carbamates (subject to hydrolysis) is 1. The van der Waals surface area contributed by atoms with Crippen LogP contribution in [0.2, 0.25) is 0 Å². The Morgan fingerprint density at radius 1 is 1.39 bits per heavy atom. The third kappa shape index (κ3) is 10.1. The topological polar surface area (TPSA) is 70.6 Å². The molecule has 3 N–H and O–H groups in total. The van der Waals surface area contributed by atoms with Crippen LogP contribution in [0.15, 0.2) is 49.1 Å². The number of allylic oxidation sites excluding steroid dienone is 1. The number of aliphatic hydroxyl groups excluding tert-OH is 1. The van der Waals surface area contributed by atoms with Crippen LogP contribution in [0.25, 0.3) is 0 Å². The van der Waals surface area contributed by atoms with Gasteiger partial charge in [-0.15, -0.1) is 0 Å². The summed E-state index contributed by atoms with van der Waals surface area (Å²) < 4.78 is 29.1. The van der Waals surface area contributed by atoms with Gasteiger partial charge in [-0.1, -0.05) is 42.5 Å². The van der Waals surface area contributed by atoms with E-state index in [4.69, 9.17) is 4.74 Å². The van der Waals surface area contributed by atoms with Crippen LogP contribution in [0.4, 0.5) is 13.6 Å². The molecule has 0 spiro atoms. The van der Waals surface area contributed by atoms with Crippen molar-refractivity contribution < 1.29 is 23.4 Å². The Bertz CT molecular complexity index is 751. The van der Waals surface area contributed by atoms with Crippen molar-refractivity contribution >= 4 is 6.09 Å². The molecule has 5 nitrogen and oxygen atoms in total. The summed E-state index contributed by atoms with van der Waals surface area (Å²) in [6.45, 7) is 12.4. The quantitative estimate of drug-likeness (QED) is 0.522. The summed E-state index contributed by atoms with van der Waals surface area (Å²) in [6, 6.07) is 7.44. The number of amides is 1. The SMILES string of the molecule is C/C=C/F.C=C(F)CC(NC(=O)OC(C)(C)C)C(O)CNC1(c2cccc(C)c2)CC1. The molecular formula is C24H36F2N2O3. The van der Waals surface area contributed by atoms with Gasteiger partial charge in [0.05, 0.1) is 24.3 Å². The highest BCUT2D eigenvalue weighted by Crippen LogP contribution is 2.45. The average molecular weight is 439 g/mol. The molecule has 1 saturated carbocycles. The van der Waals surface area contributed by atoms with Crippen LogP contribution in [0.5, 0.6) is 0 Å². The first-order chi connectivity index (χ1) is 14.4. The molecule has 0 aromatic heterocycles. The molecule has 0 radical (unpaired) electrons. The maximum absolute atomic E-state index is 13.4. The smallest absolute Gasteiger partial charge is 0.407 e. The third-order valence-electron chi connectivity index (χ3n) is 4.70. The lowest BCUT2D eigenvalue weighted by Gasteiger charge is -2.28. The zero-order valence-corrected chi connectivity index (χ0v) is 19.2. The molecule has 0 aliphatic heterocycles. The minimum absolute atomic E-state index is 0.157. The van der Waals surface area contributed by atoms with Gasteiger partial charge in [-0.05, 0) is 53.0 Å². The molecule has 1 aliphatic rings. The van der Waals surface area contributed by atoms with Gasteiger partial charge >= 0.3 is 6.09 Å². The lowest BCUT2D eigenvalue weighted by Crippen LogP contribution is -2.50. The minimum atomic E-state index is -0.979. The zero-order chi connectivity index (χ0) is 23.7. The third-order valence-corrected chi connectivity index (χ3v) is 4.70. The van der Waals surface area contributed by atoms with Gasteiger partial charge in [0.1, 0.15) is 5.60 Å². The van der Waals surface area contributed by atoms with E-state index in [0.717, 1.165) is 12.8 Å². The number of benzene rings is 1. The molecule has 1 fully saturated rings. The van der Waals surface area contributed by atoms with E-state index in [0.29, 0.717) is 6.33 Å². The number of hydrogen-bond donors (Lipinski definition) is 3. The predicted molar refractivity (Wildman–Crippen MR) is 120 cm³/mol. The van der Waals surface area contributed by atoms with Crippen molar-refractivity contribution in [1.82, 2.24) is 10.6 Å².